The van der Waals surface area contributed by atoms with Crippen molar-refractivity contribution in [2.24, 2.45) is 0 Å². The summed E-state index contributed by atoms with van der Waals surface area (Å²) in [6, 6.07) is 8.54. The average molecular weight is 302 g/mol. The highest BCUT2D eigenvalue weighted by atomic mass is 16.5. The molecular weight excluding hydrogens is 284 g/mol. The molecule has 1 atom stereocenters. The zero-order chi connectivity index (χ0) is 15.7. The molecule has 1 aliphatic heterocycles. The van der Waals surface area contributed by atoms with Gasteiger partial charge in [0.15, 0.2) is 11.5 Å². The van der Waals surface area contributed by atoms with Gasteiger partial charge in [-0.1, -0.05) is 6.07 Å². The lowest BCUT2D eigenvalue weighted by atomic mass is 9.96. The van der Waals surface area contributed by atoms with Gasteiger partial charge in [0.1, 0.15) is 23.4 Å². The number of ether oxygens (including phenoxy) is 3. The van der Waals surface area contributed by atoms with E-state index in [0.717, 1.165) is 17.5 Å². The van der Waals surface area contributed by atoms with E-state index < -0.39 is 0 Å². The Morgan fingerprint density at radius 2 is 1.86 bits per heavy atom. The molecule has 0 aliphatic carbocycles. The van der Waals surface area contributed by atoms with Gasteiger partial charge in [-0.2, -0.15) is 0 Å². The third-order valence-electron chi connectivity index (χ3n) is 3.90. The van der Waals surface area contributed by atoms with Crippen molar-refractivity contribution in [3.05, 3.63) is 41.5 Å². The summed E-state index contributed by atoms with van der Waals surface area (Å²) in [5.41, 5.74) is 1.71. The van der Waals surface area contributed by atoms with Crippen molar-refractivity contribution < 1.29 is 24.4 Å². The fourth-order valence-corrected chi connectivity index (χ4v) is 2.70. The Hall–Kier alpha value is -2.56. The van der Waals surface area contributed by atoms with Crippen LogP contribution in [0.2, 0.25) is 0 Å². The number of methoxy groups -OCH3 is 2. The molecular formula is C17H18O5. The summed E-state index contributed by atoms with van der Waals surface area (Å²) < 4.78 is 16.3. The van der Waals surface area contributed by atoms with Gasteiger partial charge in [0.25, 0.3) is 0 Å². The van der Waals surface area contributed by atoms with E-state index in [1.54, 1.807) is 31.4 Å². The first kappa shape index (κ1) is 14.4. The second-order valence-corrected chi connectivity index (χ2v) is 5.20. The van der Waals surface area contributed by atoms with Crippen molar-refractivity contribution in [2.75, 3.05) is 14.2 Å². The molecule has 2 aromatic carbocycles. The molecule has 116 valence electrons. The summed E-state index contributed by atoms with van der Waals surface area (Å²) in [5.74, 6) is 1.89. The quantitative estimate of drug-likeness (QED) is 0.911. The van der Waals surface area contributed by atoms with Gasteiger partial charge in [0.05, 0.1) is 14.2 Å². The Morgan fingerprint density at radius 3 is 2.59 bits per heavy atom. The number of fused-ring (bicyclic) bond motifs is 1. The van der Waals surface area contributed by atoms with E-state index in [1.165, 1.54) is 7.11 Å². The summed E-state index contributed by atoms with van der Waals surface area (Å²) in [5, 5.41) is 19.7. The van der Waals surface area contributed by atoms with Crippen molar-refractivity contribution in [2.45, 2.75) is 18.9 Å². The molecule has 0 aromatic heterocycles. The van der Waals surface area contributed by atoms with E-state index >= 15 is 0 Å². The molecule has 2 N–H and O–H groups in total. The summed E-state index contributed by atoms with van der Waals surface area (Å²) in [4.78, 5) is 0. The smallest absolute Gasteiger partial charge is 0.160 e. The predicted octanol–water partition coefficient (Wildman–Crippen LogP) is 3.18. The number of benzene rings is 2. The zero-order valence-electron chi connectivity index (χ0n) is 12.5. The largest absolute Gasteiger partial charge is 0.507 e. The topological polar surface area (TPSA) is 68.2 Å². The van der Waals surface area contributed by atoms with Gasteiger partial charge in [-0.15, -0.1) is 0 Å². The Labute approximate surface area is 128 Å². The lowest BCUT2D eigenvalue weighted by Gasteiger charge is -2.27. The first-order chi connectivity index (χ1) is 10.6. The van der Waals surface area contributed by atoms with E-state index in [0.29, 0.717) is 23.7 Å². The number of rotatable bonds is 3. The van der Waals surface area contributed by atoms with Gasteiger partial charge in [0.2, 0.25) is 0 Å². The van der Waals surface area contributed by atoms with Crippen LogP contribution in [-0.2, 0) is 6.42 Å². The van der Waals surface area contributed by atoms with Crippen molar-refractivity contribution in [3.8, 4) is 28.7 Å². The van der Waals surface area contributed by atoms with E-state index in [9.17, 15) is 10.2 Å². The van der Waals surface area contributed by atoms with Gasteiger partial charge in [0, 0.05) is 17.7 Å². The summed E-state index contributed by atoms with van der Waals surface area (Å²) in [7, 11) is 3.06. The molecule has 0 amide bonds. The molecule has 5 heteroatoms. The normalized spacial score (nSPS) is 16.5. The number of phenols is 2. The van der Waals surface area contributed by atoms with Crippen molar-refractivity contribution in [3.63, 3.8) is 0 Å². The highest BCUT2D eigenvalue weighted by Crippen LogP contribution is 2.42. The second-order valence-electron chi connectivity index (χ2n) is 5.20. The van der Waals surface area contributed by atoms with E-state index in [2.05, 4.69) is 0 Å². The number of hydrogen-bond donors (Lipinski definition) is 2. The van der Waals surface area contributed by atoms with Crippen LogP contribution in [0.15, 0.2) is 30.3 Å². The molecule has 1 aliphatic rings. The van der Waals surface area contributed by atoms with Crippen LogP contribution in [-0.4, -0.2) is 24.4 Å². The van der Waals surface area contributed by atoms with E-state index in [-0.39, 0.29) is 17.6 Å². The van der Waals surface area contributed by atoms with Crippen molar-refractivity contribution in [1.82, 2.24) is 0 Å². The molecule has 0 spiro atoms. The molecule has 0 bridgehead atoms. The molecule has 5 nitrogen and oxygen atoms in total. The van der Waals surface area contributed by atoms with Crippen LogP contribution in [0.25, 0.3) is 0 Å². The van der Waals surface area contributed by atoms with Crippen LogP contribution in [0.1, 0.15) is 23.7 Å². The first-order valence-corrected chi connectivity index (χ1v) is 7.05. The summed E-state index contributed by atoms with van der Waals surface area (Å²) in [6.07, 6.45) is 1.29. The maximum absolute atomic E-state index is 10.0. The molecule has 0 saturated carbocycles. The molecule has 0 saturated heterocycles. The Balaban J connectivity index is 1.92. The minimum atomic E-state index is -0.159. The SMILES string of the molecule is COc1cc(O)c2c(c1)OC(c1ccc(O)c(OC)c1)CC2. The average Bonchev–Trinajstić information content (AvgIpc) is 2.54. The highest BCUT2D eigenvalue weighted by Gasteiger charge is 2.25. The molecule has 2 aromatic rings. The van der Waals surface area contributed by atoms with Gasteiger partial charge in [-0.05, 0) is 30.5 Å². The summed E-state index contributed by atoms with van der Waals surface area (Å²) >= 11 is 0. The van der Waals surface area contributed by atoms with Crippen LogP contribution in [0.3, 0.4) is 0 Å². The fourth-order valence-electron chi connectivity index (χ4n) is 2.70. The van der Waals surface area contributed by atoms with Crippen LogP contribution in [0, 0.1) is 0 Å². The number of phenolic OH excluding ortho intramolecular Hbond substituents is 2. The molecule has 0 fully saturated rings. The van der Waals surface area contributed by atoms with Gasteiger partial charge in [-0.25, -0.2) is 0 Å². The van der Waals surface area contributed by atoms with Gasteiger partial charge in [-0.3, -0.25) is 0 Å². The molecule has 0 radical (unpaired) electrons. The second kappa shape index (κ2) is 5.67. The third kappa shape index (κ3) is 2.50. The predicted molar refractivity (Wildman–Crippen MR) is 81.0 cm³/mol. The van der Waals surface area contributed by atoms with Crippen molar-refractivity contribution >= 4 is 0 Å². The number of hydrogen-bond acceptors (Lipinski definition) is 5. The fraction of sp³-hybridized carbons (Fsp3) is 0.294. The van der Waals surface area contributed by atoms with E-state index in [4.69, 9.17) is 14.2 Å². The number of aromatic hydroxyl groups is 2. The van der Waals surface area contributed by atoms with Crippen LogP contribution in [0.4, 0.5) is 0 Å². The lowest BCUT2D eigenvalue weighted by Crippen LogP contribution is -2.15. The molecule has 22 heavy (non-hydrogen) atoms. The third-order valence-corrected chi connectivity index (χ3v) is 3.90. The lowest BCUT2D eigenvalue weighted by molar-refractivity contribution is 0.173. The molecule has 1 heterocycles. The van der Waals surface area contributed by atoms with Crippen LogP contribution < -0.4 is 14.2 Å². The van der Waals surface area contributed by atoms with E-state index in [1.807, 2.05) is 6.07 Å². The minimum Gasteiger partial charge on any atom is -0.507 e. The van der Waals surface area contributed by atoms with Gasteiger partial charge >= 0.3 is 0 Å². The highest BCUT2D eigenvalue weighted by molar-refractivity contribution is 5.51. The maximum Gasteiger partial charge on any atom is 0.160 e. The van der Waals surface area contributed by atoms with Crippen molar-refractivity contribution in [1.29, 1.82) is 0 Å². The zero-order valence-corrected chi connectivity index (χ0v) is 12.5. The Morgan fingerprint density at radius 1 is 1.05 bits per heavy atom. The Kier molecular flexibility index (Phi) is 3.71. The molecule has 3 rings (SSSR count). The van der Waals surface area contributed by atoms with Crippen LogP contribution >= 0.6 is 0 Å². The molecule has 1 unspecified atom stereocenters. The Bertz CT molecular complexity index is 696. The van der Waals surface area contributed by atoms with Crippen LogP contribution in [0.5, 0.6) is 28.7 Å². The van der Waals surface area contributed by atoms with Gasteiger partial charge < -0.3 is 24.4 Å². The standard InChI is InChI=1S/C17H18O5/c1-20-11-8-14(19)12-4-6-15(22-16(12)9-11)10-3-5-13(18)17(7-10)21-2/h3,5,7-9,15,18-19H,4,6H2,1-2H3. The minimum absolute atomic E-state index is 0.0989. The maximum atomic E-state index is 10.0. The first-order valence-electron chi connectivity index (χ1n) is 7.05. The summed E-state index contributed by atoms with van der Waals surface area (Å²) in [6.45, 7) is 0. The monoisotopic (exact) mass is 302 g/mol.